The molecule has 0 bridgehead atoms. The second-order valence-electron chi connectivity index (χ2n) is 5.53. The van der Waals surface area contributed by atoms with Crippen molar-refractivity contribution in [2.75, 3.05) is 5.32 Å². The molecule has 0 amide bonds. The fourth-order valence-electron chi connectivity index (χ4n) is 2.32. The number of anilines is 1. The highest BCUT2D eigenvalue weighted by molar-refractivity contribution is 5.63. The van der Waals surface area contributed by atoms with E-state index in [9.17, 15) is 10.1 Å². The zero-order chi connectivity index (χ0) is 15.0. The van der Waals surface area contributed by atoms with Crippen LogP contribution in [-0.4, -0.2) is 11.0 Å². The van der Waals surface area contributed by atoms with Crippen molar-refractivity contribution in [3.63, 3.8) is 0 Å². The van der Waals surface area contributed by atoms with Gasteiger partial charge in [-0.2, -0.15) is 0 Å². The second kappa shape index (κ2) is 8.56. The Morgan fingerprint density at radius 1 is 1.25 bits per heavy atom. The van der Waals surface area contributed by atoms with Gasteiger partial charge in [-0.05, 0) is 31.9 Å². The van der Waals surface area contributed by atoms with E-state index in [4.69, 9.17) is 0 Å². The monoisotopic (exact) mass is 278 g/mol. The normalized spacial score (nSPS) is 12.2. The van der Waals surface area contributed by atoms with Gasteiger partial charge in [0.25, 0.3) is 5.69 Å². The SMILES string of the molecule is CCCCCCCC(C)Nc1cc(C)ccc1[N+](=O)[O-]. The summed E-state index contributed by atoms with van der Waals surface area (Å²) in [7, 11) is 0. The summed E-state index contributed by atoms with van der Waals surface area (Å²) in [4.78, 5) is 10.7. The number of nitro groups is 1. The van der Waals surface area contributed by atoms with Gasteiger partial charge in [-0.25, -0.2) is 0 Å². The number of benzene rings is 1. The van der Waals surface area contributed by atoms with Crippen LogP contribution >= 0.6 is 0 Å². The van der Waals surface area contributed by atoms with Crippen LogP contribution in [0.2, 0.25) is 0 Å². The highest BCUT2D eigenvalue weighted by Crippen LogP contribution is 2.26. The minimum atomic E-state index is -0.324. The number of nitrogens with zero attached hydrogens (tertiary/aromatic N) is 1. The lowest BCUT2D eigenvalue weighted by atomic mass is 10.1. The summed E-state index contributed by atoms with van der Waals surface area (Å²) in [5, 5.41) is 14.3. The average Bonchev–Trinajstić information content (AvgIpc) is 2.38. The first-order valence-electron chi connectivity index (χ1n) is 7.56. The van der Waals surface area contributed by atoms with Crippen LogP contribution in [0.3, 0.4) is 0 Å². The molecule has 112 valence electrons. The Balaban J connectivity index is 2.50. The van der Waals surface area contributed by atoms with E-state index in [0.29, 0.717) is 5.69 Å². The number of unbranched alkanes of at least 4 members (excludes halogenated alkanes) is 4. The molecule has 4 nitrogen and oxygen atoms in total. The smallest absolute Gasteiger partial charge is 0.292 e. The molecule has 0 saturated carbocycles. The molecular formula is C16H26N2O2. The fourth-order valence-corrected chi connectivity index (χ4v) is 2.32. The number of aryl methyl sites for hydroxylation is 1. The van der Waals surface area contributed by atoms with Crippen LogP contribution in [0, 0.1) is 17.0 Å². The molecule has 1 atom stereocenters. The summed E-state index contributed by atoms with van der Waals surface area (Å²) in [6.45, 7) is 6.25. The Hall–Kier alpha value is -1.58. The molecule has 1 N–H and O–H groups in total. The predicted octanol–water partition coefficient (Wildman–Crippen LogP) is 5.06. The van der Waals surface area contributed by atoms with Crippen molar-refractivity contribution >= 4 is 11.4 Å². The summed E-state index contributed by atoms with van der Waals surface area (Å²) in [6, 6.07) is 5.47. The Morgan fingerprint density at radius 2 is 1.95 bits per heavy atom. The van der Waals surface area contributed by atoms with Gasteiger partial charge in [0, 0.05) is 12.1 Å². The molecule has 4 heteroatoms. The lowest BCUT2D eigenvalue weighted by Gasteiger charge is -2.15. The van der Waals surface area contributed by atoms with Gasteiger partial charge in [-0.1, -0.05) is 45.1 Å². The first kappa shape index (κ1) is 16.5. The molecule has 1 aromatic carbocycles. The number of nitro benzene ring substituents is 1. The average molecular weight is 278 g/mol. The molecule has 0 fully saturated rings. The molecular weight excluding hydrogens is 252 g/mol. The maximum Gasteiger partial charge on any atom is 0.292 e. The molecule has 1 aromatic rings. The van der Waals surface area contributed by atoms with Gasteiger partial charge in [0.05, 0.1) is 4.92 Å². The van der Waals surface area contributed by atoms with Crippen LogP contribution in [-0.2, 0) is 0 Å². The molecule has 20 heavy (non-hydrogen) atoms. The van der Waals surface area contributed by atoms with Gasteiger partial charge in [-0.3, -0.25) is 10.1 Å². The number of hydrogen-bond donors (Lipinski definition) is 1. The van der Waals surface area contributed by atoms with Gasteiger partial charge in [0.2, 0.25) is 0 Å². The minimum absolute atomic E-state index is 0.161. The first-order valence-corrected chi connectivity index (χ1v) is 7.56. The third-order valence-electron chi connectivity index (χ3n) is 3.49. The summed E-state index contributed by atoms with van der Waals surface area (Å²) in [5.74, 6) is 0. The van der Waals surface area contributed by atoms with Crippen LogP contribution in [0.15, 0.2) is 18.2 Å². The van der Waals surface area contributed by atoms with E-state index in [-0.39, 0.29) is 16.7 Å². The van der Waals surface area contributed by atoms with Gasteiger partial charge in [0.15, 0.2) is 0 Å². The largest absolute Gasteiger partial charge is 0.377 e. The molecule has 0 heterocycles. The molecule has 0 saturated heterocycles. The van der Waals surface area contributed by atoms with Crippen molar-refractivity contribution in [1.82, 2.24) is 0 Å². The van der Waals surface area contributed by atoms with Crippen molar-refractivity contribution in [3.05, 3.63) is 33.9 Å². The molecule has 0 aliphatic carbocycles. The number of hydrogen-bond acceptors (Lipinski definition) is 3. The van der Waals surface area contributed by atoms with E-state index in [0.717, 1.165) is 12.0 Å². The van der Waals surface area contributed by atoms with Crippen LogP contribution in [0.5, 0.6) is 0 Å². The zero-order valence-electron chi connectivity index (χ0n) is 12.8. The lowest BCUT2D eigenvalue weighted by Crippen LogP contribution is -2.16. The maximum atomic E-state index is 11.0. The van der Waals surface area contributed by atoms with E-state index < -0.39 is 0 Å². The van der Waals surface area contributed by atoms with Crippen LogP contribution < -0.4 is 5.32 Å². The molecule has 0 aliphatic heterocycles. The third kappa shape index (κ3) is 5.59. The Bertz CT molecular complexity index is 432. The summed E-state index contributed by atoms with van der Waals surface area (Å²) >= 11 is 0. The van der Waals surface area contributed by atoms with E-state index >= 15 is 0 Å². The van der Waals surface area contributed by atoms with E-state index in [1.807, 2.05) is 13.0 Å². The predicted molar refractivity (Wildman–Crippen MR) is 84.3 cm³/mol. The topological polar surface area (TPSA) is 55.2 Å². The van der Waals surface area contributed by atoms with E-state index in [2.05, 4.69) is 19.2 Å². The third-order valence-corrected chi connectivity index (χ3v) is 3.49. The lowest BCUT2D eigenvalue weighted by molar-refractivity contribution is -0.384. The van der Waals surface area contributed by atoms with Crippen molar-refractivity contribution in [2.45, 2.75) is 65.3 Å². The maximum absolute atomic E-state index is 11.0. The molecule has 0 aliphatic rings. The van der Waals surface area contributed by atoms with E-state index in [1.165, 1.54) is 32.1 Å². The second-order valence-corrected chi connectivity index (χ2v) is 5.53. The fraction of sp³-hybridized carbons (Fsp3) is 0.625. The zero-order valence-corrected chi connectivity index (χ0v) is 12.8. The molecule has 1 rings (SSSR count). The standard InChI is InChI=1S/C16H26N2O2/c1-4-5-6-7-8-9-14(3)17-15-12-13(2)10-11-16(15)18(19)20/h10-12,14,17H,4-9H2,1-3H3. The molecule has 0 aromatic heterocycles. The summed E-state index contributed by atoms with van der Waals surface area (Å²) in [5.41, 5.74) is 1.83. The number of nitrogens with one attached hydrogen (secondary N) is 1. The molecule has 1 unspecified atom stereocenters. The van der Waals surface area contributed by atoms with Crippen molar-refractivity contribution < 1.29 is 4.92 Å². The van der Waals surface area contributed by atoms with Crippen LogP contribution in [0.4, 0.5) is 11.4 Å². The van der Waals surface area contributed by atoms with Crippen molar-refractivity contribution in [1.29, 1.82) is 0 Å². The van der Waals surface area contributed by atoms with Crippen LogP contribution in [0.25, 0.3) is 0 Å². The summed E-state index contributed by atoms with van der Waals surface area (Å²) < 4.78 is 0. The highest BCUT2D eigenvalue weighted by atomic mass is 16.6. The van der Waals surface area contributed by atoms with Gasteiger partial charge in [-0.15, -0.1) is 0 Å². The Kier molecular flexibility index (Phi) is 7.05. The van der Waals surface area contributed by atoms with Gasteiger partial charge in [0.1, 0.15) is 5.69 Å². The minimum Gasteiger partial charge on any atom is -0.377 e. The van der Waals surface area contributed by atoms with E-state index in [1.54, 1.807) is 12.1 Å². The Labute approximate surface area is 121 Å². The van der Waals surface area contributed by atoms with Crippen LogP contribution in [0.1, 0.15) is 57.9 Å². The molecule has 0 spiro atoms. The van der Waals surface area contributed by atoms with Crippen molar-refractivity contribution in [3.8, 4) is 0 Å². The first-order chi connectivity index (χ1) is 9.54. The highest BCUT2D eigenvalue weighted by Gasteiger charge is 2.14. The molecule has 0 radical (unpaired) electrons. The summed E-state index contributed by atoms with van der Waals surface area (Å²) in [6.07, 6.45) is 7.31. The van der Waals surface area contributed by atoms with Gasteiger partial charge >= 0.3 is 0 Å². The number of rotatable bonds is 9. The Morgan fingerprint density at radius 3 is 2.60 bits per heavy atom. The van der Waals surface area contributed by atoms with Gasteiger partial charge < -0.3 is 5.32 Å². The quantitative estimate of drug-likeness (QED) is 0.390. The van der Waals surface area contributed by atoms with Crippen molar-refractivity contribution in [2.24, 2.45) is 0 Å².